The van der Waals surface area contributed by atoms with Crippen molar-refractivity contribution in [1.29, 1.82) is 0 Å². The summed E-state index contributed by atoms with van der Waals surface area (Å²) < 4.78 is 0. The van der Waals surface area contributed by atoms with Gasteiger partial charge in [-0.25, -0.2) is 0 Å². The zero-order valence-corrected chi connectivity index (χ0v) is 23.7. The average molecular weight is 451 g/mol. The van der Waals surface area contributed by atoms with Crippen LogP contribution >= 0.6 is 0 Å². The van der Waals surface area contributed by atoms with Crippen LogP contribution in [0.1, 0.15) is 129 Å². The fourth-order valence-corrected chi connectivity index (χ4v) is 5.95. The quantitative estimate of drug-likeness (QED) is 0.426. The number of hydrogen-bond acceptors (Lipinski definition) is 4. The molecule has 0 unspecified atom stereocenters. The molecular weight excluding hydrogens is 396 g/mol. The normalized spacial score (nSPS) is 23.3. The third-order valence-electron chi connectivity index (χ3n) is 6.75. The maximum atomic E-state index is 13.8. The Morgan fingerprint density at radius 2 is 1.34 bits per heavy atom. The van der Waals surface area contributed by atoms with E-state index in [1.54, 1.807) is 0 Å². The standard InChI is InChI=1S/C28H54N2O2/c1-23(2,3)21(31)27(13,29-25(7,8)9)17-14-15-18-28(22(32)24(4,5)6)19-16-20-30(28)26(10,11)12/h29H,14-20H2,1-13H3/t27-,28-/m0/s1. The van der Waals surface area contributed by atoms with Crippen LogP contribution in [-0.4, -0.2) is 45.2 Å². The first-order chi connectivity index (χ1) is 14.1. The van der Waals surface area contributed by atoms with Crippen molar-refractivity contribution >= 4 is 11.6 Å². The van der Waals surface area contributed by atoms with E-state index in [1.807, 2.05) is 20.8 Å². The Kier molecular flexibility index (Phi) is 8.68. The molecule has 0 radical (unpaired) electrons. The lowest BCUT2D eigenvalue weighted by molar-refractivity contribution is -0.141. The van der Waals surface area contributed by atoms with E-state index in [0.717, 1.165) is 45.1 Å². The summed E-state index contributed by atoms with van der Waals surface area (Å²) in [5.41, 5.74) is -1.91. The van der Waals surface area contributed by atoms with E-state index in [2.05, 4.69) is 79.5 Å². The lowest BCUT2D eigenvalue weighted by Crippen LogP contribution is -2.60. The molecule has 188 valence electrons. The first-order valence-corrected chi connectivity index (χ1v) is 12.7. The van der Waals surface area contributed by atoms with E-state index in [4.69, 9.17) is 0 Å². The number of rotatable bonds is 8. The highest BCUT2D eigenvalue weighted by atomic mass is 16.1. The number of nitrogens with one attached hydrogen (secondary N) is 1. The molecule has 0 spiro atoms. The molecule has 0 saturated carbocycles. The first-order valence-electron chi connectivity index (χ1n) is 12.7. The van der Waals surface area contributed by atoms with Gasteiger partial charge in [0.15, 0.2) is 11.6 Å². The van der Waals surface area contributed by atoms with Gasteiger partial charge in [0.1, 0.15) is 0 Å². The second-order valence-electron chi connectivity index (χ2n) is 14.5. The van der Waals surface area contributed by atoms with Crippen molar-refractivity contribution in [2.24, 2.45) is 10.8 Å². The van der Waals surface area contributed by atoms with E-state index in [-0.39, 0.29) is 22.3 Å². The van der Waals surface area contributed by atoms with Crippen LogP contribution in [0.15, 0.2) is 0 Å². The third-order valence-corrected chi connectivity index (χ3v) is 6.75. The van der Waals surface area contributed by atoms with Crippen LogP contribution in [0, 0.1) is 10.8 Å². The minimum atomic E-state index is -0.572. The Labute approximate surface area is 199 Å². The molecule has 1 N–H and O–H groups in total. The molecule has 1 saturated heterocycles. The Morgan fingerprint density at radius 3 is 1.75 bits per heavy atom. The van der Waals surface area contributed by atoms with Crippen LogP contribution in [0.2, 0.25) is 0 Å². The zero-order valence-electron chi connectivity index (χ0n) is 23.7. The molecule has 0 bridgehead atoms. The average Bonchev–Trinajstić information content (AvgIpc) is 2.99. The van der Waals surface area contributed by atoms with E-state index in [0.29, 0.717) is 5.78 Å². The maximum Gasteiger partial charge on any atom is 0.158 e. The van der Waals surface area contributed by atoms with Crippen LogP contribution in [-0.2, 0) is 9.59 Å². The molecule has 0 amide bonds. The van der Waals surface area contributed by atoms with E-state index >= 15 is 0 Å². The Bertz CT molecular complexity index is 670. The van der Waals surface area contributed by atoms with E-state index < -0.39 is 16.5 Å². The summed E-state index contributed by atoms with van der Waals surface area (Å²) in [5.74, 6) is 0.636. The van der Waals surface area contributed by atoms with Crippen LogP contribution in [0.4, 0.5) is 0 Å². The molecule has 1 heterocycles. The van der Waals surface area contributed by atoms with Gasteiger partial charge in [-0.2, -0.15) is 0 Å². The molecule has 2 atom stereocenters. The van der Waals surface area contributed by atoms with Gasteiger partial charge in [0.2, 0.25) is 0 Å². The minimum absolute atomic E-state index is 0.0398. The summed E-state index contributed by atoms with van der Waals surface area (Å²) in [5, 5.41) is 3.63. The number of hydrogen-bond donors (Lipinski definition) is 1. The molecule has 4 heteroatoms. The lowest BCUT2D eigenvalue weighted by Gasteiger charge is -2.48. The van der Waals surface area contributed by atoms with Gasteiger partial charge >= 0.3 is 0 Å². The fourth-order valence-electron chi connectivity index (χ4n) is 5.95. The van der Waals surface area contributed by atoms with E-state index in [9.17, 15) is 9.59 Å². The maximum absolute atomic E-state index is 13.8. The van der Waals surface area contributed by atoms with Gasteiger partial charge in [0.05, 0.1) is 11.1 Å². The van der Waals surface area contributed by atoms with E-state index in [1.165, 1.54) is 0 Å². The number of carbonyl (C=O) groups is 2. The summed E-state index contributed by atoms with van der Waals surface area (Å²) >= 11 is 0. The molecule has 0 aromatic rings. The largest absolute Gasteiger partial charge is 0.300 e. The first kappa shape index (κ1) is 29.3. The Balaban J connectivity index is 3.09. The molecule has 1 aliphatic heterocycles. The second kappa shape index (κ2) is 9.49. The molecule has 0 aromatic carbocycles. The Morgan fingerprint density at radius 1 is 0.812 bits per heavy atom. The van der Waals surface area contributed by atoms with Gasteiger partial charge in [-0.05, 0) is 80.7 Å². The topological polar surface area (TPSA) is 49.4 Å². The van der Waals surface area contributed by atoms with Crippen LogP contribution in [0.5, 0.6) is 0 Å². The lowest BCUT2D eigenvalue weighted by atomic mass is 9.72. The predicted molar refractivity (Wildman–Crippen MR) is 137 cm³/mol. The van der Waals surface area contributed by atoms with Gasteiger partial charge < -0.3 is 5.32 Å². The second-order valence-corrected chi connectivity index (χ2v) is 14.5. The Hall–Kier alpha value is -0.740. The molecule has 0 aliphatic carbocycles. The fraction of sp³-hybridized carbons (Fsp3) is 0.929. The van der Waals surface area contributed by atoms with Gasteiger partial charge in [0, 0.05) is 21.9 Å². The molecule has 4 nitrogen and oxygen atoms in total. The summed E-state index contributed by atoms with van der Waals surface area (Å²) in [6.45, 7) is 28.3. The molecule has 1 aliphatic rings. The molecule has 1 fully saturated rings. The summed E-state index contributed by atoms with van der Waals surface area (Å²) in [6.07, 6.45) is 5.56. The highest BCUT2D eigenvalue weighted by Gasteiger charge is 2.53. The summed E-state index contributed by atoms with van der Waals surface area (Å²) in [7, 11) is 0. The smallest absolute Gasteiger partial charge is 0.158 e. The number of carbonyl (C=O) groups excluding carboxylic acids is 2. The molecule has 32 heavy (non-hydrogen) atoms. The number of likely N-dealkylation sites (tertiary alicyclic amines) is 1. The highest BCUT2D eigenvalue weighted by molar-refractivity contribution is 5.93. The third kappa shape index (κ3) is 7.13. The van der Waals surface area contributed by atoms with Crippen molar-refractivity contribution in [3.05, 3.63) is 0 Å². The van der Waals surface area contributed by atoms with Crippen LogP contribution in [0.3, 0.4) is 0 Å². The van der Waals surface area contributed by atoms with Crippen molar-refractivity contribution in [2.75, 3.05) is 6.54 Å². The van der Waals surface area contributed by atoms with Crippen molar-refractivity contribution in [2.45, 2.75) is 151 Å². The molecule has 1 rings (SSSR count). The zero-order chi connectivity index (χ0) is 25.4. The van der Waals surface area contributed by atoms with Crippen LogP contribution in [0.25, 0.3) is 0 Å². The number of unbranched alkanes of at least 4 members (excludes halogenated alkanes) is 1. The minimum Gasteiger partial charge on any atom is -0.300 e. The van der Waals surface area contributed by atoms with Crippen LogP contribution < -0.4 is 5.32 Å². The number of ketones is 2. The molecular formula is C28H54N2O2. The monoisotopic (exact) mass is 450 g/mol. The predicted octanol–water partition coefficient (Wildman–Crippen LogP) is 6.56. The van der Waals surface area contributed by atoms with Crippen molar-refractivity contribution in [3.63, 3.8) is 0 Å². The van der Waals surface area contributed by atoms with Gasteiger partial charge in [0.25, 0.3) is 0 Å². The van der Waals surface area contributed by atoms with Gasteiger partial charge in [-0.15, -0.1) is 0 Å². The number of Topliss-reactive ketones (excluding diaryl/α,β-unsaturated/α-hetero) is 2. The van der Waals surface area contributed by atoms with Crippen molar-refractivity contribution in [3.8, 4) is 0 Å². The van der Waals surface area contributed by atoms with Crippen molar-refractivity contribution < 1.29 is 9.59 Å². The van der Waals surface area contributed by atoms with Gasteiger partial charge in [-0.1, -0.05) is 54.4 Å². The highest BCUT2D eigenvalue weighted by Crippen LogP contribution is 2.44. The summed E-state index contributed by atoms with van der Waals surface area (Å²) in [4.78, 5) is 29.6. The SMILES string of the molecule is CC(C)(C)N[C@@](C)(CCCC[C@@]1(C(=O)C(C)(C)C)CCCN1C(C)(C)C)C(=O)C(C)(C)C. The van der Waals surface area contributed by atoms with Gasteiger partial charge in [-0.3, -0.25) is 14.5 Å². The summed E-state index contributed by atoms with van der Waals surface area (Å²) in [6, 6.07) is 0. The van der Waals surface area contributed by atoms with Crippen molar-refractivity contribution in [1.82, 2.24) is 10.2 Å². The molecule has 0 aromatic heterocycles. The number of nitrogens with zero attached hydrogens (tertiary/aromatic N) is 1.